The van der Waals surface area contributed by atoms with Gasteiger partial charge in [-0.3, -0.25) is 9.69 Å². The average molecular weight is 380 g/mol. The second-order valence-electron chi connectivity index (χ2n) is 7.84. The summed E-state index contributed by atoms with van der Waals surface area (Å²) >= 11 is 0. The van der Waals surface area contributed by atoms with Crippen LogP contribution in [0.15, 0.2) is 84.9 Å². The molecule has 2 aliphatic heterocycles. The molecule has 0 N–H and O–H groups in total. The lowest BCUT2D eigenvalue weighted by Gasteiger charge is -2.35. The molecule has 1 aromatic heterocycles. The van der Waals surface area contributed by atoms with Crippen LogP contribution in [0.5, 0.6) is 0 Å². The Balaban J connectivity index is 1.67. The Morgan fingerprint density at radius 1 is 0.931 bits per heavy atom. The van der Waals surface area contributed by atoms with Crippen molar-refractivity contribution in [3.63, 3.8) is 0 Å². The number of amides is 1. The predicted molar refractivity (Wildman–Crippen MR) is 112 cm³/mol. The lowest BCUT2D eigenvalue weighted by atomic mass is 9.98. The van der Waals surface area contributed by atoms with Crippen molar-refractivity contribution >= 4 is 16.8 Å². The van der Waals surface area contributed by atoms with E-state index in [1.54, 1.807) is 0 Å². The second kappa shape index (κ2) is 5.82. The fourth-order valence-corrected chi connectivity index (χ4v) is 4.90. The van der Waals surface area contributed by atoms with E-state index in [2.05, 4.69) is 41.0 Å². The highest BCUT2D eigenvalue weighted by atomic mass is 16.5. The Kier molecular flexibility index (Phi) is 3.32. The van der Waals surface area contributed by atoms with Crippen LogP contribution in [0.4, 0.5) is 0 Å². The zero-order valence-electron chi connectivity index (χ0n) is 16.1. The number of fused-ring (bicyclic) bond motifs is 7. The molecule has 4 nitrogen and oxygen atoms in total. The summed E-state index contributed by atoms with van der Waals surface area (Å²) in [5.74, 6) is -0.00810. The minimum Gasteiger partial charge on any atom is -0.349 e. The van der Waals surface area contributed by atoms with Gasteiger partial charge >= 0.3 is 0 Å². The van der Waals surface area contributed by atoms with E-state index in [4.69, 9.17) is 4.74 Å². The number of aromatic nitrogens is 1. The number of carbonyl (C=O) groups is 1. The van der Waals surface area contributed by atoms with E-state index in [1.807, 2.05) is 60.4 Å². The first-order valence-corrected chi connectivity index (χ1v) is 9.91. The van der Waals surface area contributed by atoms with E-state index in [-0.39, 0.29) is 11.9 Å². The Morgan fingerprint density at radius 2 is 1.66 bits per heavy atom. The molecule has 4 aromatic rings. The normalized spacial score (nSPS) is 22.9. The predicted octanol–water partition coefficient (Wildman–Crippen LogP) is 5.03. The molecule has 1 saturated heterocycles. The van der Waals surface area contributed by atoms with Crippen molar-refractivity contribution in [1.29, 1.82) is 0 Å². The molecule has 142 valence electrons. The first-order chi connectivity index (χ1) is 14.2. The third-order valence-corrected chi connectivity index (χ3v) is 6.27. The van der Waals surface area contributed by atoms with Gasteiger partial charge in [0.15, 0.2) is 5.72 Å². The van der Waals surface area contributed by atoms with Gasteiger partial charge < -0.3 is 9.30 Å². The Labute approximate surface area is 168 Å². The summed E-state index contributed by atoms with van der Waals surface area (Å²) in [6.45, 7) is 2.49. The third kappa shape index (κ3) is 2.15. The van der Waals surface area contributed by atoms with Gasteiger partial charge in [0.2, 0.25) is 0 Å². The van der Waals surface area contributed by atoms with E-state index in [9.17, 15) is 4.79 Å². The van der Waals surface area contributed by atoms with Crippen molar-refractivity contribution in [2.75, 3.05) is 6.61 Å². The monoisotopic (exact) mass is 380 g/mol. The average Bonchev–Trinajstić information content (AvgIpc) is 3.31. The number of nitrogens with zero attached hydrogens (tertiary/aromatic N) is 2. The van der Waals surface area contributed by atoms with Gasteiger partial charge in [0.25, 0.3) is 5.91 Å². The van der Waals surface area contributed by atoms with Crippen LogP contribution in [0.25, 0.3) is 16.6 Å². The van der Waals surface area contributed by atoms with Crippen molar-refractivity contribution in [1.82, 2.24) is 9.47 Å². The maximum absolute atomic E-state index is 14.0. The van der Waals surface area contributed by atoms with E-state index in [0.29, 0.717) is 12.3 Å². The molecule has 0 saturated carbocycles. The largest absolute Gasteiger partial charge is 0.349 e. The molecule has 29 heavy (non-hydrogen) atoms. The quantitative estimate of drug-likeness (QED) is 0.464. The fourth-order valence-electron chi connectivity index (χ4n) is 4.90. The van der Waals surface area contributed by atoms with Gasteiger partial charge in [0, 0.05) is 10.9 Å². The molecule has 3 heterocycles. The van der Waals surface area contributed by atoms with Gasteiger partial charge in [-0.2, -0.15) is 0 Å². The molecular formula is C25H20N2O2. The van der Waals surface area contributed by atoms with Crippen molar-refractivity contribution in [3.8, 4) is 5.69 Å². The highest BCUT2D eigenvalue weighted by Crippen LogP contribution is 2.48. The van der Waals surface area contributed by atoms with E-state index >= 15 is 0 Å². The van der Waals surface area contributed by atoms with Gasteiger partial charge in [-0.25, -0.2) is 0 Å². The first kappa shape index (κ1) is 16.6. The third-order valence-electron chi connectivity index (χ3n) is 6.27. The highest BCUT2D eigenvalue weighted by molar-refractivity contribution is 6.01. The highest BCUT2D eigenvalue weighted by Gasteiger charge is 2.52. The summed E-state index contributed by atoms with van der Waals surface area (Å²) in [6.07, 6.45) is 0. The Morgan fingerprint density at radius 3 is 2.52 bits per heavy atom. The maximum Gasteiger partial charge on any atom is 0.273 e. The topological polar surface area (TPSA) is 34.5 Å². The summed E-state index contributed by atoms with van der Waals surface area (Å²) < 4.78 is 8.48. The zero-order valence-corrected chi connectivity index (χ0v) is 16.1. The molecule has 1 amide bonds. The molecule has 0 aliphatic carbocycles. The minimum absolute atomic E-state index is 0.00810. The molecule has 2 aliphatic rings. The van der Waals surface area contributed by atoms with Crippen molar-refractivity contribution < 1.29 is 9.53 Å². The summed E-state index contributed by atoms with van der Waals surface area (Å²) in [5.41, 5.74) is 3.97. The lowest BCUT2D eigenvalue weighted by molar-refractivity contribution is -0.0598. The van der Waals surface area contributed by atoms with Crippen LogP contribution in [0.3, 0.4) is 0 Å². The summed E-state index contributed by atoms with van der Waals surface area (Å²) in [4.78, 5) is 15.9. The van der Waals surface area contributed by atoms with Crippen LogP contribution in [0.2, 0.25) is 0 Å². The van der Waals surface area contributed by atoms with Gasteiger partial charge in [0.1, 0.15) is 5.69 Å². The number of para-hydroxylation sites is 2. The van der Waals surface area contributed by atoms with Crippen LogP contribution in [0, 0.1) is 0 Å². The SMILES string of the molecule is CC12OCC(c3ccccc3)N1C(=O)c1cc3ccccc3n1-c1ccccc12. The van der Waals surface area contributed by atoms with Crippen LogP contribution in [0.1, 0.15) is 34.6 Å². The summed E-state index contributed by atoms with van der Waals surface area (Å²) in [7, 11) is 0. The van der Waals surface area contributed by atoms with Gasteiger partial charge in [-0.05, 0) is 30.7 Å². The molecule has 1 fully saturated rings. The molecule has 3 aromatic carbocycles. The summed E-state index contributed by atoms with van der Waals surface area (Å²) in [5, 5.41) is 1.06. The van der Waals surface area contributed by atoms with Crippen molar-refractivity contribution in [2.45, 2.75) is 18.7 Å². The molecular weight excluding hydrogens is 360 g/mol. The van der Waals surface area contributed by atoms with Crippen LogP contribution >= 0.6 is 0 Å². The zero-order chi connectivity index (χ0) is 19.6. The first-order valence-electron chi connectivity index (χ1n) is 9.91. The van der Waals surface area contributed by atoms with Gasteiger partial charge in [0.05, 0.1) is 23.9 Å². The van der Waals surface area contributed by atoms with Crippen molar-refractivity contribution in [2.24, 2.45) is 0 Å². The van der Waals surface area contributed by atoms with E-state index < -0.39 is 5.72 Å². The van der Waals surface area contributed by atoms with Gasteiger partial charge in [-0.1, -0.05) is 66.7 Å². The Bertz CT molecular complexity index is 1260. The van der Waals surface area contributed by atoms with Crippen LogP contribution in [-0.4, -0.2) is 22.0 Å². The number of hydrogen-bond donors (Lipinski definition) is 0. The standard InChI is InChI=1S/C25H20N2O2/c1-25-19-12-6-8-14-21(19)26-20-13-7-5-11-18(20)15-22(26)24(28)27(25)23(16-29-25)17-9-3-2-4-10-17/h2-15,23H,16H2,1H3. The van der Waals surface area contributed by atoms with Crippen molar-refractivity contribution in [3.05, 3.63) is 102 Å². The number of rotatable bonds is 1. The smallest absolute Gasteiger partial charge is 0.273 e. The summed E-state index contributed by atoms with van der Waals surface area (Å²) in [6, 6.07) is 28.4. The Hall–Kier alpha value is -3.37. The van der Waals surface area contributed by atoms with Gasteiger partial charge in [-0.15, -0.1) is 0 Å². The molecule has 0 radical (unpaired) electrons. The molecule has 2 atom stereocenters. The number of carbonyl (C=O) groups excluding carboxylic acids is 1. The molecule has 2 unspecified atom stereocenters. The minimum atomic E-state index is -0.825. The van der Waals surface area contributed by atoms with E-state index in [0.717, 1.165) is 27.7 Å². The fraction of sp³-hybridized carbons (Fsp3) is 0.160. The number of benzene rings is 3. The maximum atomic E-state index is 14.0. The second-order valence-corrected chi connectivity index (χ2v) is 7.84. The molecule has 0 bridgehead atoms. The number of ether oxygens (including phenoxy) is 1. The van der Waals surface area contributed by atoms with Crippen LogP contribution < -0.4 is 0 Å². The lowest BCUT2D eigenvalue weighted by Crippen LogP contribution is -2.44. The van der Waals surface area contributed by atoms with Crippen LogP contribution in [-0.2, 0) is 10.5 Å². The molecule has 4 heteroatoms. The molecule has 6 rings (SSSR count). The molecule has 0 spiro atoms. The van der Waals surface area contributed by atoms with E-state index in [1.165, 1.54) is 0 Å². The number of hydrogen-bond acceptors (Lipinski definition) is 2.